The van der Waals surface area contributed by atoms with Crippen molar-refractivity contribution in [3.8, 4) is 28.0 Å². The lowest BCUT2D eigenvalue weighted by atomic mass is 9.43. The Labute approximate surface area is 302 Å². The van der Waals surface area contributed by atoms with Gasteiger partial charge in [0.1, 0.15) is 5.75 Å². The van der Waals surface area contributed by atoms with Crippen molar-refractivity contribution in [2.24, 2.45) is 0 Å². The van der Waals surface area contributed by atoms with E-state index < -0.39 is 0 Å². The third kappa shape index (κ3) is 3.15. The lowest BCUT2D eigenvalue weighted by Gasteiger charge is -2.54. The fourth-order valence-corrected chi connectivity index (χ4v) is 12.6. The van der Waals surface area contributed by atoms with E-state index in [1.165, 1.54) is 117 Å². The molecule has 5 aromatic carbocycles. The van der Waals surface area contributed by atoms with Gasteiger partial charge < -0.3 is 14.4 Å². The van der Waals surface area contributed by atoms with Gasteiger partial charge in [-0.15, -0.1) is 0 Å². The van der Waals surface area contributed by atoms with Crippen molar-refractivity contribution in [3.63, 3.8) is 0 Å². The molecule has 5 aromatic rings. The van der Waals surface area contributed by atoms with Crippen LogP contribution >= 0.6 is 0 Å². The van der Waals surface area contributed by atoms with E-state index >= 15 is 0 Å². The van der Waals surface area contributed by atoms with Gasteiger partial charge in [-0.1, -0.05) is 120 Å². The van der Waals surface area contributed by atoms with Gasteiger partial charge in [0.25, 0.3) is 0 Å². The first-order valence-electron chi connectivity index (χ1n) is 19.7. The van der Waals surface area contributed by atoms with Gasteiger partial charge in [-0.25, -0.2) is 0 Å². The predicted molar refractivity (Wildman–Crippen MR) is 211 cm³/mol. The number of hydrogen-bond donors (Lipinski definition) is 0. The third-order valence-corrected chi connectivity index (χ3v) is 15.0. The molecule has 0 saturated heterocycles. The van der Waals surface area contributed by atoms with Crippen LogP contribution in [0.1, 0.15) is 112 Å². The average Bonchev–Trinajstić information content (AvgIpc) is 3.80. The highest BCUT2D eigenvalue weighted by molar-refractivity contribution is 6.93. The molecule has 0 radical (unpaired) electrons. The average molecular weight is 665 g/mol. The zero-order chi connectivity index (χ0) is 34.2. The lowest BCUT2D eigenvalue weighted by Crippen LogP contribution is -2.67. The number of hydrogen-bond acceptors (Lipinski definition) is 3. The first-order valence-corrected chi connectivity index (χ1v) is 19.7. The summed E-state index contributed by atoms with van der Waals surface area (Å²) in [7, 11) is 0. The van der Waals surface area contributed by atoms with Crippen LogP contribution in [0.25, 0.3) is 22.3 Å². The number of anilines is 3. The number of ether oxygens (including phenoxy) is 1. The molecule has 0 amide bonds. The van der Waals surface area contributed by atoms with Gasteiger partial charge in [0.15, 0.2) is 6.23 Å². The van der Waals surface area contributed by atoms with E-state index in [0.717, 1.165) is 12.2 Å². The fourth-order valence-electron chi connectivity index (χ4n) is 12.6. The van der Waals surface area contributed by atoms with Crippen molar-refractivity contribution in [1.82, 2.24) is 0 Å². The van der Waals surface area contributed by atoms with Gasteiger partial charge in [0.05, 0.1) is 11.5 Å². The largest absolute Gasteiger partial charge is 0.470 e. The molecule has 1 saturated carbocycles. The van der Waals surface area contributed by atoms with E-state index in [0.29, 0.717) is 0 Å². The molecule has 0 spiro atoms. The normalized spacial score (nSPS) is 26.8. The summed E-state index contributed by atoms with van der Waals surface area (Å²) in [6.07, 6.45) is 8.55. The van der Waals surface area contributed by atoms with Crippen LogP contribution < -0.4 is 25.4 Å². The predicted octanol–water partition coefficient (Wildman–Crippen LogP) is 9.85. The molecular formula is C47H45BN2O. The molecule has 51 heavy (non-hydrogen) atoms. The number of benzene rings is 5. The second-order valence-electron chi connectivity index (χ2n) is 17.7. The molecule has 1 fully saturated rings. The molecule has 0 N–H and O–H groups in total. The van der Waals surface area contributed by atoms with Gasteiger partial charge in [-0.2, -0.15) is 0 Å². The molecule has 5 aliphatic heterocycles. The van der Waals surface area contributed by atoms with Crippen LogP contribution in [0.4, 0.5) is 17.1 Å². The van der Waals surface area contributed by atoms with E-state index in [-0.39, 0.29) is 35.4 Å². The molecule has 12 rings (SSSR count). The Hall–Kier alpha value is -4.44. The highest BCUT2D eigenvalue weighted by Gasteiger charge is 2.65. The number of para-hydroxylation sites is 2. The zero-order valence-electron chi connectivity index (χ0n) is 30.6. The van der Waals surface area contributed by atoms with Gasteiger partial charge >= 0.3 is 6.85 Å². The summed E-state index contributed by atoms with van der Waals surface area (Å²) < 4.78 is 7.13. The maximum atomic E-state index is 7.13. The minimum atomic E-state index is -0.126. The summed E-state index contributed by atoms with van der Waals surface area (Å²) in [6, 6.07) is 33.2. The molecular weight excluding hydrogens is 619 g/mol. The number of unbranched alkanes of at least 4 members (excludes halogenated alkanes) is 1. The van der Waals surface area contributed by atoms with Crippen LogP contribution in [0, 0.1) is 0 Å². The Bertz CT molecular complexity index is 2410. The summed E-state index contributed by atoms with van der Waals surface area (Å²) in [5.74, 6) is 1.25. The SMILES string of the molecule is CCCCc1cc2c3c(c1)C1(C)CCCCC1(C)N3c1c3c(cc4c1C(C)(C)c1ccccc1-4)-c1cccc4c1N(B23)C1Oc2ccccc2C41. The monoisotopic (exact) mass is 664 g/mol. The molecule has 3 nitrogen and oxygen atoms in total. The maximum Gasteiger partial charge on any atom is 0.331 e. The van der Waals surface area contributed by atoms with Crippen molar-refractivity contribution < 1.29 is 4.74 Å². The molecule has 4 atom stereocenters. The van der Waals surface area contributed by atoms with Crippen molar-refractivity contribution in [1.29, 1.82) is 0 Å². The summed E-state index contributed by atoms with van der Waals surface area (Å²) in [4.78, 5) is 5.74. The van der Waals surface area contributed by atoms with Gasteiger partial charge in [0, 0.05) is 39.0 Å². The highest BCUT2D eigenvalue weighted by Crippen LogP contribution is 2.66. The summed E-state index contributed by atoms with van der Waals surface area (Å²) >= 11 is 0. The molecule has 0 bridgehead atoms. The van der Waals surface area contributed by atoms with Crippen LogP contribution in [-0.2, 0) is 17.3 Å². The Morgan fingerprint density at radius 1 is 0.745 bits per heavy atom. The smallest absolute Gasteiger partial charge is 0.331 e. The third-order valence-electron chi connectivity index (χ3n) is 15.0. The molecule has 252 valence electrons. The fraction of sp³-hybridized carbons (Fsp3) is 0.362. The molecule has 2 aliphatic carbocycles. The maximum absolute atomic E-state index is 7.13. The summed E-state index contributed by atoms with van der Waals surface area (Å²) in [5, 5.41) is 0. The van der Waals surface area contributed by atoms with Crippen LogP contribution in [0.5, 0.6) is 5.75 Å². The van der Waals surface area contributed by atoms with Gasteiger partial charge in [0.2, 0.25) is 0 Å². The summed E-state index contributed by atoms with van der Waals surface area (Å²) in [6.45, 7) is 12.7. The number of aryl methyl sites for hydroxylation is 1. The van der Waals surface area contributed by atoms with E-state index in [1.807, 2.05) is 0 Å². The standard InChI is InChI=1S/C47H45BN2O/c1-6-7-15-27-24-35-42-36(25-27)48-40-33(29-18-14-19-31-38-30-17-9-11-21-37(30)51-44(38)50(48)41(29)31)26-32-28-16-8-10-20-34(28)45(2,3)39(32)43(40)49(42)47(5)23-13-12-22-46(35,47)4/h8-11,14,16-21,24-26,38,44H,6-7,12-13,15,22-23H2,1-5H3. The van der Waals surface area contributed by atoms with Crippen LogP contribution in [-0.4, -0.2) is 18.6 Å². The number of nitrogens with zero attached hydrogens (tertiary/aromatic N) is 2. The number of fused-ring (bicyclic) bond motifs is 16. The van der Waals surface area contributed by atoms with Crippen LogP contribution in [0.2, 0.25) is 0 Å². The Kier molecular flexibility index (Phi) is 5.33. The number of rotatable bonds is 3. The quantitative estimate of drug-likeness (QED) is 0.179. The van der Waals surface area contributed by atoms with Crippen LogP contribution in [0.3, 0.4) is 0 Å². The second-order valence-corrected chi connectivity index (χ2v) is 17.7. The zero-order valence-corrected chi connectivity index (χ0v) is 30.6. The second kappa shape index (κ2) is 9.31. The van der Waals surface area contributed by atoms with Crippen molar-refractivity contribution in [3.05, 3.63) is 118 Å². The van der Waals surface area contributed by atoms with E-state index in [9.17, 15) is 0 Å². The molecule has 4 heteroatoms. The Morgan fingerprint density at radius 2 is 1.53 bits per heavy atom. The summed E-state index contributed by atoms with van der Waals surface area (Å²) in [5.41, 5.74) is 21.9. The first-order chi connectivity index (χ1) is 24.8. The van der Waals surface area contributed by atoms with Crippen molar-refractivity contribution in [2.45, 2.75) is 108 Å². The minimum absolute atomic E-state index is 0.0137. The molecule has 5 heterocycles. The first kappa shape index (κ1) is 29.2. The molecule has 0 aromatic heterocycles. The Balaban J connectivity index is 1.25. The van der Waals surface area contributed by atoms with Gasteiger partial charge in [-0.3, -0.25) is 0 Å². The molecule has 7 aliphatic rings. The van der Waals surface area contributed by atoms with Crippen molar-refractivity contribution >= 4 is 34.8 Å². The van der Waals surface area contributed by atoms with Crippen LogP contribution in [0.15, 0.2) is 84.9 Å². The topological polar surface area (TPSA) is 15.7 Å². The van der Waals surface area contributed by atoms with Crippen molar-refractivity contribution in [2.75, 3.05) is 9.71 Å². The minimum Gasteiger partial charge on any atom is -0.470 e. The van der Waals surface area contributed by atoms with E-state index in [2.05, 4.69) is 129 Å². The van der Waals surface area contributed by atoms with E-state index in [1.54, 1.807) is 5.56 Å². The highest BCUT2D eigenvalue weighted by atomic mass is 16.5. The lowest BCUT2D eigenvalue weighted by molar-refractivity contribution is 0.194. The van der Waals surface area contributed by atoms with E-state index in [4.69, 9.17) is 4.74 Å². The molecule has 4 unspecified atom stereocenters. The Morgan fingerprint density at radius 3 is 2.41 bits per heavy atom. The van der Waals surface area contributed by atoms with Gasteiger partial charge in [-0.05, 0) is 100 Å².